The van der Waals surface area contributed by atoms with Crippen molar-refractivity contribution in [3.05, 3.63) is 59.2 Å². The van der Waals surface area contributed by atoms with E-state index in [1.54, 1.807) is 14.2 Å². The Balaban J connectivity index is 2.37. The summed E-state index contributed by atoms with van der Waals surface area (Å²) in [6.45, 7) is 2.06. The Morgan fingerprint density at radius 1 is 0.947 bits per heavy atom. The van der Waals surface area contributed by atoms with E-state index in [2.05, 4.69) is 19.1 Å². The molecule has 0 saturated heterocycles. The SMILES string of the molecule is COc1ccc(C(N)c2ccc(C)cc2)c(OC)c1. The van der Waals surface area contributed by atoms with Gasteiger partial charge in [0.2, 0.25) is 0 Å². The minimum Gasteiger partial charge on any atom is -0.497 e. The molecule has 1 unspecified atom stereocenters. The van der Waals surface area contributed by atoms with E-state index in [0.717, 1.165) is 22.6 Å². The number of methoxy groups -OCH3 is 2. The van der Waals surface area contributed by atoms with Crippen LogP contribution in [-0.2, 0) is 0 Å². The Morgan fingerprint density at radius 2 is 1.63 bits per heavy atom. The summed E-state index contributed by atoms with van der Waals surface area (Å²) < 4.78 is 10.6. The van der Waals surface area contributed by atoms with Gasteiger partial charge in [0.25, 0.3) is 0 Å². The molecule has 2 N–H and O–H groups in total. The Labute approximate surface area is 114 Å². The van der Waals surface area contributed by atoms with Crippen molar-refractivity contribution in [1.29, 1.82) is 0 Å². The molecule has 3 nitrogen and oxygen atoms in total. The van der Waals surface area contributed by atoms with Gasteiger partial charge >= 0.3 is 0 Å². The van der Waals surface area contributed by atoms with Crippen molar-refractivity contribution in [3.63, 3.8) is 0 Å². The highest BCUT2D eigenvalue weighted by molar-refractivity contribution is 5.46. The van der Waals surface area contributed by atoms with Crippen molar-refractivity contribution in [3.8, 4) is 11.5 Å². The standard InChI is InChI=1S/C16H19NO2/c1-11-4-6-12(7-5-11)16(17)14-9-8-13(18-2)10-15(14)19-3/h4-10,16H,17H2,1-3H3. The Morgan fingerprint density at radius 3 is 2.21 bits per heavy atom. The van der Waals surface area contributed by atoms with Gasteiger partial charge in [0.05, 0.1) is 20.3 Å². The van der Waals surface area contributed by atoms with E-state index in [0.29, 0.717) is 0 Å². The monoisotopic (exact) mass is 257 g/mol. The summed E-state index contributed by atoms with van der Waals surface area (Å²) in [5, 5.41) is 0. The zero-order valence-electron chi connectivity index (χ0n) is 11.5. The average Bonchev–Trinajstić information content (AvgIpc) is 2.46. The van der Waals surface area contributed by atoms with Crippen molar-refractivity contribution < 1.29 is 9.47 Å². The zero-order valence-corrected chi connectivity index (χ0v) is 11.5. The smallest absolute Gasteiger partial charge is 0.127 e. The summed E-state index contributed by atoms with van der Waals surface area (Å²) in [4.78, 5) is 0. The van der Waals surface area contributed by atoms with E-state index in [9.17, 15) is 0 Å². The van der Waals surface area contributed by atoms with E-state index in [4.69, 9.17) is 15.2 Å². The molecule has 0 spiro atoms. The summed E-state index contributed by atoms with van der Waals surface area (Å²) in [5.74, 6) is 1.50. The van der Waals surface area contributed by atoms with Gasteiger partial charge in [-0.25, -0.2) is 0 Å². The highest BCUT2D eigenvalue weighted by Gasteiger charge is 2.14. The first-order valence-corrected chi connectivity index (χ1v) is 6.19. The maximum Gasteiger partial charge on any atom is 0.127 e. The van der Waals surface area contributed by atoms with Crippen LogP contribution in [-0.4, -0.2) is 14.2 Å². The lowest BCUT2D eigenvalue weighted by Gasteiger charge is -2.17. The number of aryl methyl sites for hydroxylation is 1. The van der Waals surface area contributed by atoms with Crippen molar-refractivity contribution >= 4 is 0 Å². The molecule has 0 bridgehead atoms. The first kappa shape index (κ1) is 13.4. The zero-order chi connectivity index (χ0) is 13.8. The van der Waals surface area contributed by atoms with Gasteiger partial charge in [-0.2, -0.15) is 0 Å². The molecule has 1 atom stereocenters. The normalized spacial score (nSPS) is 12.0. The van der Waals surface area contributed by atoms with Gasteiger partial charge in [-0.1, -0.05) is 29.8 Å². The second-order valence-electron chi connectivity index (χ2n) is 4.50. The fourth-order valence-corrected chi connectivity index (χ4v) is 2.03. The molecular weight excluding hydrogens is 238 g/mol. The molecule has 19 heavy (non-hydrogen) atoms. The van der Waals surface area contributed by atoms with Crippen LogP contribution in [0.15, 0.2) is 42.5 Å². The van der Waals surface area contributed by atoms with Crippen LogP contribution in [0.3, 0.4) is 0 Å². The average molecular weight is 257 g/mol. The van der Waals surface area contributed by atoms with E-state index in [1.807, 2.05) is 30.3 Å². The lowest BCUT2D eigenvalue weighted by Crippen LogP contribution is -2.13. The molecule has 0 aliphatic carbocycles. The van der Waals surface area contributed by atoms with Crippen molar-refractivity contribution in [1.82, 2.24) is 0 Å². The Hall–Kier alpha value is -2.00. The summed E-state index contributed by atoms with van der Waals surface area (Å²) >= 11 is 0. The van der Waals surface area contributed by atoms with Crippen LogP contribution >= 0.6 is 0 Å². The topological polar surface area (TPSA) is 44.5 Å². The molecule has 0 aromatic heterocycles. The molecule has 0 amide bonds. The van der Waals surface area contributed by atoms with Crippen LogP contribution in [0.2, 0.25) is 0 Å². The third kappa shape index (κ3) is 2.88. The van der Waals surface area contributed by atoms with Crippen LogP contribution in [0.1, 0.15) is 22.7 Å². The fourth-order valence-electron chi connectivity index (χ4n) is 2.03. The van der Waals surface area contributed by atoms with Gasteiger partial charge in [-0.3, -0.25) is 0 Å². The highest BCUT2D eigenvalue weighted by Crippen LogP contribution is 2.31. The molecule has 3 heteroatoms. The Kier molecular flexibility index (Phi) is 4.07. The van der Waals surface area contributed by atoms with E-state index >= 15 is 0 Å². The summed E-state index contributed by atoms with van der Waals surface area (Å²) in [6, 6.07) is 13.7. The number of benzene rings is 2. The van der Waals surface area contributed by atoms with Gasteiger partial charge in [-0.05, 0) is 24.6 Å². The van der Waals surface area contributed by atoms with Crippen molar-refractivity contribution in [2.45, 2.75) is 13.0 Å². The third-order valence-corrected chi connectivity index (χ3v) is 3.21. The van der Waals surface area contributed by atoms with Gasteiger partial charge in [0, 0.05) is 11.6 Å². The second-order valence-corrected chi connectivity index (χ2v) is 4.50. The quantitative estimate of drug-likeness (QED) is 0.915. The number of rotatable bonds is 4. The molecule has 100 valence electrons. The molecule has 0 fully saturated rings. The highest BCUT2D eigenvalue weighted by atomic mass is 16.5. The maximum atomic E-state index is 6.31. The molecule has 2 aromatic carbocycles. The fraction of sp³-hybridized carbons (Fsp3) is 0.250. The molecule has 0 radical (unpaired) electrons. The predicted molar refractivity (Wildman–Crippen MR) is 76.8 cm³/mol. The van der Waals surface area contributed by atoms with Gasteiger partial charge in [-0.15, -0.1) is 0 Å². The van der Waals surface area contributed by atoms with Crippen LogP contribution in [0.5, 0.6) is 11.5 Å². The second kappa shape index (κ2) is 5.76. The van der Waals surface area contributed by atoms with Crippen LogP contribution in [0.4, 0.5) is 0 Å². The van der Waals surface area contributed by atoms with Crippen LogP contribution in [0.25, 0.3) is 0 Å². The van der Waals surface area contributed by atoms with Crippen molar-refractivity contribution in [2.24, 2.45) is 5.73 Å². The maximum absolute atomic E-state index is 6.31. The van der Waals surface area contributed by atoms with Crippen molar-refractivity contribution in [2.75, 3.05) is 14.2 Å². The van der Waals surface area contributed by atoms with E-state index in [1.165, 1.54) is 5.56 Å². The molecular formula is C16H19NO2. The number of nitrogens with two attached hydrogens (primary N) is 1. The predicted octanol–water partition coefficient (Wildman–Crippen LogP) is 3.06. The molecule has 0 aliphatic heterocycles. The summed E-state index contributed by atoms with van der Waals surface area (Å²) in [7, 11) is 3.27. The van der Waals surface area contributed by atoms with Crippen LogP contribution in [0, 0.1) is 6.92 Å². The summed E-state index contributed by atoms with van der Waals surface area (Å²) in [5.41, 5.74) is 9.55. The lowest BCUT2D eigenvalue weighted by atomic mass is 9.98. The van der Waals surface area contributed by atoms with Gasteiger partial charge in [0.15, 0.2) is 0 Å². The molecule has 0 saturated carbocycles. The number of ether oxygens (including phenoxy) is 2. The van der Waals surface area contributed by atoms with Gasteiger partial charge < -0.3 is 15.2 Å². The molecule has 0 aliphatic rings. The molecule has 2 aromatic rings. The Bertz CT molecular complexity index is 549. The van der Waals surface area contributed by atoms with E-state index in [-0.39, 0.29) is 6.04 Å². The van der Waals surface area contributed by atoms with Crippen LogP contribution < -0.4 is 15.2 Å². The largest absolute Gasteiger partial charge is 0.497 e. The number of hydrogen-bond donors (Lipinski definition) is 1. The lowest BCUT2D eigenvalue weighted by molar-refractivity contribution is 0.390. The third-order valence-electron chi connectivity index (χ3n) is 3.21. The number of hydrogen-bond acceptors (Lipinski definition) is 3. The van der Waals surface area contributed by atoms with Gasteiger partial charge in [0.1, 0.15) is 11.5 Å². The minimum atomic E-state index is -0.207. The van der Waals surface area contributed by atoms with E-state index < -0.39 is 0 Å². The molecule has 0 heterocycles. The molecule has 2 rings (SSSR count). The minimum absolute atomic E-state index is 0.207. The summed E-state index contributed by atoms with van der Waals surface area (Å²) in [6.07, 6.45) is 0. The first-order valence-electron chi connectivity index (χ1n) is 6.19. The first-order chi connectivity index (χ1) is 9.15.